The third-order valence-electron chi connectivity index (χ3n) is 2.78. The molecule has 0 radical (unpaired) electrons. The molecule has 1 unspecified atom stereocenters. The van der Waals surface area contributed by atoms with Gasteiger partial charge >= 0.3 is 0 Å². The van der Waals surface area contributed by atoms with E-state index in [-0.39, 0.29) is 30.0 Å². The van der Waals surface area contributed by atoms with E-state index < -0.39 is 0 Å². The first-order valence-electron chi connectivity index (χ1n) is 5.15. The highest BCUT2D eigenvalue weighted by molar-refractivity contribution is 5.98. The highest BCUT2D eigenvalue weighted by atomic mass is 16.3. The molecule has 14 heavy (non-hydrogen) atoms. The highest BCUT2D eigenvalue weighted by Crippen LogP contribution is 2.33. The van der Waals surface area contributed by atoms with E-state index in [0.29, 0.717) is 19.3 Å². The molecule has 80 valence electrons. The molecule has 0 saturated heterocycles. The van der Waals surface area contributed by atoms with Gasteiger partial charge in [0.05, 0.1) is 0 Å². The fraction of sp³-hybridized carbons (Fsp3) is 0.727. The molecule has 1 aliphatic rings. The van der Waals surface area contributed by atoms with Crippen molar-refractivity contribution in [1.82, 2.24) is 0 Å². The van der Waals surface area contributed by atoms with Gasteiger partial charge in [0, 0.05) is 12.5 Å². The van der Waals surface area contributed by atoms with Crippen molar-refractivity contribution < 1.29 is 15.0 Å². The molecule has 1 aliphatic carbocycles. The van der Waals surface area contributed by atoms with E-state index in [9.17, 15) is 9.90 Å². The summed E-state index contributed by atoms with van der Waals surface area (Å²) in [5.74, 6) is -0.0253. The molecule has 0 saturated carbocycles. The van der Waals surface area contributed by atoms with Crippen LogP contribution >= 0.6 is 0 Å². The molecule has 0 bridgehead atoms. The van der Waals surface area contributed by atoms with E-state index in [1.807, 2.05) is 13.8 Å². The zero-order chi connectivity index (χ0) is 10.7. The van der Waals surface area contributed by atoms with Crippen LogP contribution in [0.2, 0.25) is 0 Å². The lowest BCUT2D eigenvalue weighted by Crippen LogP contribution is -2.10. The Kier molecular flexibility index (Phi) is 3.69. The van der Waals surface area contributed by atoms with E-state index in [1.165, 1.54) is 0 Å². The number of Topliss-reactive ketones (excluding diaryl/α,β-unsaturated/α-hetero) is 1. The van der Waals surface area contributed by atoms with E-state index in [4.69, 9.17) is 5.11 Å². The first-order valence-corrected chi connectivity index (χ1v) is 5.15. The van der Waals surface area contributed by atoms with Crippen LogP contribution in [-0.4, -0.2) is 22.6 Å². The molecule has 0 amide bonds. The maximum atomic E-state index is 11.5. The minimum Gasteiger partial charge on any atom is -0.504 e. The zero-order valence-electron chi connectivity index (χ0n) is 8.79. The summed E-state index contributed by atoms with van der Waals surface area (Å²) >= 11 is 0. The third-order valence-corrected chi connectivity index (χ3v) is 2.78. The second-order valence-corrected chi connectivity index (χ2v) is 4.16. The van der Waals surface area contributed by atoms with Crippen molar-refractivity contribution in [1.29, 1.82) is 0 Å². The number of aliphatic hydroxyl groups is 2. The standard InChI is InChI=1S/C11H18O3/c1-7(2)9-6-8(4-3-5-12)10(13)11(9)14/h7-8,12,14H,3-6H2,1-2H3. The molecule has 0 aromatic rings. The smallest absolute Gasteiger partial charge is 0.200 e. The fourth-order valence-electron chi connectivity index (χ4n) is 1.89. The fourth-order valence-corrected chi connectivity index (χ4v) is 1.89. The number of aliphatic hydroxyl groups excluding tert-OH is 2. The Morgan fingerprint density at radius 2 is 2.14 bits per heavy atom. The van der Waals surface area contributed by atoms with Gasteiger partial charge in [0.25, 0.3) is 0 Å². The van der Waals surface area contributed by atoms with Crippen LogP contribution in [-0.2, 0) is 4.79 Å². The largest absolute Gasteiger partial charge is 0.504 e. The Labute approximate surface area is 84.4 Å². The lowest BCUT2D eigenvalue weighted by atomic mass is 9.95. The lowest BCUT2D eigenvalue weighted by molar-refractivity contribution is -0.120. The molecular weight excluding hydrogens is 180 g/mol. The van der Waals surface area contributed by atoms with Crippen LogP contribution in [0.1, 0.15) is 33.1 Å². The summed E-state index contributed by atoms with van der Waals surface area (Å²) in [6.45, 7) is 4.07. The van der Waals surface area contributed by atoms with Gasteiger partial charge in [-0.05, 0) is 30.8 Å². The number of ketones is 1. The van der Waals surface area contributed by atoms with Crippen LogP contribution in [0.5, 0.6) is 0 Å². The summed E-state index contributed by atoms with van der Waals surface area (Å²) in [5, 5.41) is 18.2. The second-order valence-electron chi connectivity index (χ2n) is 4.16. The van der Waals surface area contributed by atoms with Gasteiger partial charge in [-0.1, -0.05) is 13.8 Å². The summed E-state index contributed by atoms with van der Waals surface area (Å²) in [4.78, 5) is 11.5. The first kappa shape index (κ1) is 11.2. The maximum absolute atomic E-state index is 11.5. The number of carbonyl (C=O) groups is 1. The minimum atomic E-state index is -0.137. The van der Waals surface area contributed by atoms with Gasteiger partial charge in [-0.2, -0.15) is 0 Å². The normalized spacial score (nSPS) is 22.6. The predicted molar refractivity (Wildman–Crippen MR) is 53.9 cm³/mol. The van der Waals surface area contributed by atoms with Gasteiger partial charge in [-0.3, -0.25) is 4.79 Å². The Balaban J connectivity index is 2.63. The Hall–Kier alpha value is -0.830. The SMILES string of the molecule is CC(C)C1=C(O)C(=O)C(CCCO)C1. The minimum absolute atomic E-state index is 0.0251. The summed E-state index contributed by atoms with van der Waals surface area (Å²) in [5.41, 5.74) is 0.873. The molecule has 0 aromatic carbocycles. The van der Waals surface area contributed by atoms with Gasteiger partial charge < -0.3 is 10.2 Å². The van der Waals surface area contributed by atoms with Crippen molar-refractivity contribution in [2.24, 2.45) is 11.8 Å². The average Bonchev–Trinajstić information content (AvgIpc) is 2.42. The number of hydrogen-bond donors (Lipinski definition) is 2. The Morgan fingerprint density at radius 1 is 1.50 bits per heavy atom. The molecule has 0 aromatic heterocycles. The second kappa shape index (κ2) is 4.60. The van der Waals surface area contributed by atoms with Gasteiger partial charge in [0.2, 0.25) is 0 Å². The monoisotopic (exact) mass is 198 g/mol. The van der Waals surface area contributed by atoms with Crippen molar-refractivity contribution in [2.45, 2.75) is 33.1 Å². The zero-order valence-corrected chi connectivity index (χ0v) is 8.79. The number of carbonyl (C=O) groups excluding carboxylic acids is 1. The molecule has 0 heterocycles. The number of rotatable bonds is 4. The first-order chi connectivity index (χ1) is 6.57. The molecule has 2 N–H and O–H groups in total. The molecule has 0 spiro atoms. The predicted octanol–water partition coefficient (Wildman–Crippen LogP) is 1.82. The molecule has 3 nitrogen and oxygen atoms in total. The summed E-state index contributed by atoms with van der Waals surface area (Å²) in [6.07, 6.45) is 1.98. The number of hydrogen-bond acceptors (Lipinski definition) is 3. The van der Waals surface area contributed by atoms with E-state index in [0.717, 1.165) is 5.57 Å². The van der Waals surface area contributed by atoms with E-state index >= 15 is 0 Å². The van der Waals surface area contributed by atoms with Crippen molar-refractivity contribution in [3.05, 3.63) is 11.3 Å². The maximum Gasteiger partial charge on any atom is 0.200 e. The van der Waals surface area contributed by atoms with Crippen molar-refractivity contribution in [3.63, 3.8) is 0 Å². The van der Waals surface area contributed by atoms with Gasteiger partial charge in [-0.25, -0.2) is 0 Å². The van der Waals surface area contributed by atoms with Crippen LogP contribution in [0.15, 0.2) is 11.3 Å². The molecule has 0 aliphatic heterocycles. The number of allylic oxidation sites excluding steroid dienone is 2. The molecular formula is C11H18O3. The van der Waals surface area contributed by atoms with Crippen LogP contribution in [0, 0.1) is 11.8 Å². The van der Waals surface area contributed by atoms with Crippen LogP contribution in [0.4, 0.5) is 0 Å². The quantitative estimate of drug-likeness (QED) is 0.724. The molecule has 3 heteroatoms. The van der Waals surface area contributed by atoms with Crippen molar-refractivity contribution in [2.75, 3.05) is 6.61 Å². The van der Waals surface area contributed by atoms with E-state index in [1.54, 1.807) is 0 Å². The van der Waals surface area contributed by atoms with Gasteiger partial charge in [-0.15, -0.1) is 0 Å². The molecule has 0 fully saturated rings. The topological polar surface area (TPSA) is 57.5 Å². The van der Waals surface area contributed by atoms with Crippen LogP contribution in [0.3, 0.4) is 0 Å². The molecule has 1 atom stereocenters. The van der Waals surface area contributed by atoms with Crippen LogP contribution in [0.25, 0.3) is 0 Å². The Morgan fingerprint density at radius 3 is 2.57 bits per heavy atom. The third kappa shape index (κ3) is 2.15. The Bertz CT molecular complexity index is 253. The van der Waals surface area contributed by atoms with Gasteiger partial charge in [0.1, 0.15) is 0 Å². The lowest BCUT2D eigenvalue weighted by Gasteiger charge is -2.08. The van der Waals surface area contributed by atoms with Crippen molar-refractivity contribution >= 4 is 5.78 Å². The average molecular weight is 198 g/mol. The van der Waals surface area contributed by atoms with Crippen LogP contribution < -0.4 is 0 Å². The highest BCUT2D eigenvalue weighted by Gasteiger charge is 2.33. The summed E-state index contributed by atoms with van der Waals surface area (Å²) < 4.78 is 0. The molecule has 1 rings (SSSR count). The summed E-state index contributed by atoms with van der Waals surface area (Å²) in [6, 6.07) is 0. The van der Waals surface area contributed by atoms with Gasteiger partial charge in [0.15, 0.2) is 11.5 Å². The van der Waals surface area contributed by atoms with Crippen molar-refractivity contribution in [3.8, 4) is 0 Å². The van der Waals surface area contributed by atoms with E-state index in [2.05, 4.69) is 0 Å². The summed E-state index contributed by atoms with van der Waals surface area (Å²) in [7, 11) is 0.